The molecule has 0 aliphatic carbocycles. The van der Waals surface area contributed by atoms with Crippen molar-refractivity contribution in [3.8, 4) is 5.75 Å². The Morgan fingerprint density at radius 3 is 3.12 bits per heavy atom. The van der Waals surface area contributed by atoms with Crippen LogP contribution in [-0.2, 0) is 9.41 Å². The van der Waals surface area contributed by atoms with Crippen LogP contribution in [0.1, 0.15) is 25.3 Å². The molecule has 1 aromatic carbocycles. The van der Waals surface area contributed by atoms with E-state index in [1.165, 1.54) is 0 Å². The lowest BCUT2D eigenvalue weighted by Gasteiger charge is -2.10. The lowest BCUT2D eigenvalue weighted by molar-refractivity contribution is 0.146. The number of hydrogen-bond donors (Lipinski definition) is 0. The third kappa shape index (κ3) is 2.76. The summed E-state index contributed by atoms with van der Waals surface area (Å²) < 4.78 is 16.0. The van der Waals surface area contributed by atoms with Crippen LogP contribution in [0, 0.1) is 0 Å². The molecule has 1 aliphatic heterocycles. The van der Waals surface area contributed by atoms with Crippen LogP contribution in [0.4, 0.5) is 0 Å². The lowest BCUT2D eigenvalue weighted by Crippen LogP contribution is -2.28. The zero-order valence-electron chi connectivity index (χ0n) is 9.26. The highest BCUT2D eigenvalue weighted by Crippen LogP contribution is 2.19. The van der Waals surface area contributed by atoms with E-state index in [0.717, 1.165) is 24.2 Å². The van der Waals surface area contributed by atoms with Crippen molar-refractivity contribution >= 4 is 13.5 Å². The Morgan fingerprint density at radius 1 is 1.38 bits per heavy atom. The molecule has 0 bridgehead atoms. The molecule has 0 amide bonds. The maximum atomic E-state index is 5.53. The Morgan fingerprint density at radius 2 is 2.25 bits per heavy atom. The molecule has 1 heterocycles. The fraction of sp³-hybridized carbons (Fsp3) is 0.364. The summed E-state index contributed by atoms with van der Waals surface area (Å²) >= 11 is 0. The number of oxime groups is 1. The van der Waals surface area contributed by atoms with E-state index in [1.54, 1.807) is 6.21 Å². The molecule has 0 radical (unpaired) electrons. The Labute approximate surface area is 95.4 Å². The standard InChI is InChI=1S/C11H14BNO3/c1-2-3-8-14-12-15-11-7-5-4-6-10(11)9-13-16-12/h4-7,9H,2-3,8H2,1H3. The summed E-state index contributed by atoms with van der Waals surface area (Å²) in [5.41, 5.74) is 0.893. The third-order valence-electron chi connectivity index (χ3n) is 2.23. The summed E-state index contributed by atoms with van der Waals surface area (Å²) in [6.45, 7) is 2.71. The predicted octanol–water partition coefficient (Wildman–Crippen LogP) is 2.23. The normalized spacial score (nSPS) is 13.7. The van der Waals surface area contributed by atoms with E-state index >= 15 is 0 Å². The molecule has 1 aromatic rings. The first-order valence-electron chi connectivity index (χ1n) is 5.46. The van der Waals surface area contributed by atoms with Crippen molar-refractivity contribution in [3.05, 3.63) is 29.8 Å². The van der Waals surface area contributed by atoms with Gasteiger partial charge in [0.2, 0.25) is 0 Å². The van der Waals surface area contributed by atoms with Crippen molar-refractivity contribution in [2.45, 2.75) is 19.8 Å². The highest BCUT2D eigenvalue weighted by atomic mass is 16.8. The molecule has 0 atom stereocenters. The molecule has 16 heavy (non-hydrogen) atoms. The summed E-state index contributed by atoms with van der Waals surface area (Å²) in [6.07, 6.45) is 3.68. The van der Waals surface area contributed by atoms with E-state index < -0.39 is 7.32 Å². The minimum Gasteiger partial charge on any atom is -0.499 e. The molecule has 4 nitrogen and oxygen atoms in total. The van der Waals surface area contributed by atoms with Crippen LogP contribution >= 0.6 is 0 Å². The SMILES string of the molecule is CCCCOB1ON=Cc2ccccc2O1. The van der Waals surface area contributed by atoms with Crippen LogP contribution in [0.5, 0.6) is 5.75 Å². The van der Waals surface area contributed by atoms with E-state index in [9.17, 15) is 0 Å². The van der Waals surface area contributed by atoms with Crippen molar-refractivity contribution in [2.24, 2.45) is 5.16 Å². The largest absolute Gasteiger partial charge is 0.809 e. The third-order valence-corrected chi connectivity index (χ3v) is 2.23. The minimum absolute atomic E-state index is 0.610. The maximum absolute atomic E-state index is 5.53. The van der Waals surface area contributed by atoms with Gasteiger partial charge in [0.25, 0.3) is 0 Å². The minimum atomic E-state index is -0.744. The first-order valence-corrected chi connectivity index (χ1v) is 5.46. The number of nitrogens with zero attached hydrogens (tertiary/aromatic N) is 1. The summed E-state index contributed by atoms with van der Waals surface area (Å²) in [5.74, 6) is 0.727. The molecule has 1 aliphatic rings. The van der Waals surface area contributed by atoms with Gasteiger partial charge in [-0.2, -0.15) is 0 Å². The maximum Gasteiger partial charge on any atom is 0.809 e. The zero-order valence-corrected chi connectivity index (χ0v) is 9.26. The van der Waals surface area contributed by atoms with E-state index in [4.69, 9.17) is 14.1 Å². The van der Waals surface area contributed by atoms with Gasteiger partial charge in [-0.1, -0.05) is 25.5 Å². The predicted molar refractivity (Wildman–Crippen MR) is 62.4 cm³/mol. The van der Waals surface area contributed by atoms with Gasteiger partial charge in [0.1, 0.15) is 5.75 Å². The first-order chi connectivity index (χ1) is 7.90. The Balaban J connectivity index is 1.98. The van der Waals surface area contributed by atoms with Gasteiger partial charge in [0, 0.05) is 12.2 Å². The van der Waals surface area contributed by atoms with Gasteiger partial charge in [0.15, 0.2) is 0 Å². The first kappa shape index (κ1) is 11.0. The van der Waals surface area contributed by atoms with Gasteiger partial charge in [-0.05, 0) is 18.6 Å². The van der Waals surface area contributed by atoms with Crippen LogP contribution in [0.15, 0.2) is 29.4 Å². The average molecular weight is 219 g/mol. The van der Waals surface area contributed by atoms with E-state index in [2.05, 4.69) is 12.1 Å². The number of unbranched alkanes of at least 4 members (excludes halogenated alkanes) is 1. The summed E-state index contributed by atoms with van der Waals surface area (Å²) in [4.78, 5) is 0. The summed E-state index contributed by atoms with van der Waals surface area (Å²) in [7, 11) is -0.744. The van der Waals surface area contributed by atoms with E-state index in [-0.39, 0.29) is 0 Å². The second kappa shape index (κ2) is 5.56. The molecule has 0 unspecified atom stereocenters. The Bertz CT molecular complexity index is 370. The monoisotopic (exact) mass is 219 g/mol. The Hall–Kier alpha value is -1.49. The Kier molecular flexibility index (Phi) is 3.83. The number of benzene rings is 1. The van der Waals surface area contributed by atoms with Gasteiger partial charge in [-0.25, -0.2) is 0 Å². The summed E-state index contributed by atoms with van der Waals surface area (Å²) in [6, 6.07) is 7.61. The molecule has 0 aromatic heterocycles. The van der Waals surface area contributed by atoms with Crippen LogP contribution in [-0.4, -0.2) is 20.1 Å². The molecule has 84 valence electrons. The highest BCUT2D eigenvalue weighted by Gasteiger charge is 2.29. The van der Waals surface area contributed by atoms with Crippen molar-refractivity contribution in [1.82, 2.24) is 0 Å². The van der Waals surface area contributed by atoms with Crippen LogP contribution < -0.4 is 4.65 Å². The summed E-state index contributed by atoms with van der Waals surface area (Å²) in [5, 5.41) is 3.80. The van der Waals surface area contributed by atoms with E-state index in [1.807, 2.05) is 24.3 Å². The number of rotatable bonds is 4. The van der Waals surface area contributed by atoms with Gasteiger partial charge in [0.05, 0.1) is 6.21 Å². The molecule has 0 N–H and O–H groups in total. The smallest absolute Gasteiger partial charge is 0.499 e. The molecular formula is C11H14BNO3. The molecule has 2 rings (SSSR count). The average Bonchev–Trinajstić information content (AvgIpc) is 2.51. The molecule has 0 spiro atoms. The molecule has 0 fully saturated rings. The van der Waals surface area contributed by atoms with Crippen LogP contribution in [0.3, 0.4) is 0 Å². The highest BCUT2D eigenvalue weighted by molar-refractivity contribution is 6.37. The van der Waals surface area contributed by atoms with Gasteiger partial charge in [-0.15, -0.1) is 5.16 Å². The van der Waals surface area contributed by atoms with Crippen molar-refractivity contribution < 1.29 is 14.1 Å². The molecular weight excluding hydrogens is 205 g/mol. The zero-order chi connectivity index (χ0) is 11.2. The van der Waals surface area contributed by atoms with E-state index in [0.29, 0.717) is 6.61 Å². The fourth-order valence-corrected chi connectivity index (χ4v) is 1.34. The molecule has 5 heteroatoms. The number of hydrogen-bond acceptors (Lipinski definition) is 4. The topological polar surface area (TPSA) is 40.0 Å². The second-order valence-electron chi connectivity index (χ2n) is 3.51. The van der Waals surface area contributed by atoms with Crippen molar-refractivity contribution in [3.63, 3.8) is 0 Å². The van der Waals surface area contributed by atoms with Gasteiger partial charge < -0.3 is 14.1 Å². The fourth-order valence-electron chi connectivity index (χ4n) is 1.34. The lowest BCUT2D eigenvalue weighted by atomic mass is 10.2. The van der Waals surface area contributed by atoms with Crippen molar-refractivity contribution in [2.75, 3.05) is 6.61 Å². The number of fused-ring (bicyclic) bond motifs is 1. The van der Waals surface area contributed by atoms with Crippen molar-refractivity contribution in [1.29, 1.82) is 0 Å². The van der Waals surface area contributed by atoms with Crippen LogP contribution in [0.25, 0.3) is 0 Å². The van der Waals surface area contributed by atoms with Gasteiger partial charge in [-0.3, -0.25) is 0 Å². The molecule has 0 saturated heterocycles. The van der Waals surface area contributed by atoms with Crippen LogP contribution in [0.2, 0.25) is 0 Å². The number of para-hydroxylation sites is 1. The quantitative estimate of drug-likeness (QED) is 0.575. The second-order valence-corrected chi connectivity index (χ2v) is 3.51. The van der Waals surface area contributed by atoms with Gasteiger partial charge >= 0.3 is 7.32 Å². The molecule has 0 saturated carbocycles.